The molecule has 134 valence electrons. The molecule has 0 unspecified atom stereocenters. The molecule has 1 saturated carbocycles. The summed E-state index contributed by atoms with van der Waals surface area (Å²) in [4.78, 5) is 0.264. The second-order valence-corrected chi connectivity index (χ2v) is 8.67. The van der Waals surface area contributed by atoms with Gasteiger partial charge >= 0.3 is 0 Å². The van der Waals surface area contributed by atoms with E-state index in [4.69, 9.17) is 9.47 Å². The van der Waals surface area contributed by atoms with Gasteiger partial charge in [0.05, 0.1) is 23.6 Å². The fourth-order valence-electron chi connectivity index (χ4n) is 2.63. The third kappa shape index (κ3) is 3.99. The first-order valence-corrected chi connectivity index (χ1v) is 10.2. The molecule has 7 heteroatoms. The Morgan fingerprint density at radius 3 is 2.28 bits per heavy atom. The van der Waals surface area contributed by atoms with Crippen LogP contribution in [0, 0.1) is 0 Å². The van der Waals surface area contributed by atoms with Crippen molar-refractivity contribution in [2.24, 2.45) is 0 Å². The Hall–Kier alpha value is -1.57. The van der Waals surface area contributed by atoms with Gasteiger partial charge in [-0.15, -0.1) is 0 Å². The molecule has 0 radical (unpaired) electrons. The molecule has 3 rings (SSSR count). The van der Waals surface area contributed by atoms with E-state index in [1.54, 1.807) is 36.7 Å². The molecular weight excluding hydrogens is 406 g/mol. The maximum atomic E-state index is 13.1. The lowest BCUT2D eigenvalue weighted by Crippen LogP contribution is -2.32. The molecule has 0 aromatic heterocycles. The van der Waals surface area contributed by atoms with E-state index >= 15 is 0 Å². The Kier molecular flexibility index (Phi) is 5.36. The Morgan fingerprint density at radius 2 is 1.76 bits per heavy atom. The van der Waals surface area contributed by atoms with Gasteiger partial charge in [-0.05, 0) is 64.7 Å². The van der Waals surface area contributed by atoms with Gasteiger partial charge in [0.2, 0.25) is 10.0 Å². The van der Waals surface area contributed by atoms with E-state index < -0.39 is 10.0 Å². The van der Waals surface area contributed by atoms with Crippen molar-refractivity contribution in [3.63, 3.8) is 0 Å². The lowest BCUT2D eigenvalue weighted by Gasteiger charge is -2.22. The maximum Gasteiger partial charge on any atom is 0.243 e. The van der Waals surface area contributed by atoms with E-state index in [9.17, 15) is 8.42 Å². The minimum Gasteiger partial charge on any atom is -0.497 e. The van der Waals surface area contributed by atoms with E-state index in [0.717, 1.165) is 24.2 Å². The van der Waals surface area contributed by atoms with Crippen LogP contribution in [0.2, 0.25) is 0 Å². The smallest absolute Gasteiger partial charge is 0.243 e. The van der Waals surface area contributed by atoms with Gasteiger partial charge in [0.1, 0.15) is 11.5 Å². The van der Waals surface area contributed by atoms with Gasteiger partial charge in [0.25, 0.3) is 0 Å². The van der Waals surface area contributed by atoms with Gasteiger partial charge in [0, 0.05) is 12.6 Å². The Labute approximate surface area is 156 Å². The first-order valence-electron chi connectivity index (χ1n) is 7.94. The zero-order valence-electron chi connectivity index (χ0n) is 14.1. The lowest BCUT2D eigenvalue weighted by molar-refractivity contribution is 0.396. The molecule has 0 saturated heterocycles. The van der Waals surface area contributed by atoms with Gasteiger partial charge in [-0.1, -0.05) is 12.1 Å². The molecule has 0 atom stereocenters. The quantitative estimate of drug-likeness (QED) is 0.676. The van der Waals surface area contributed by atoms with Crippen molar-refractivity contribution in [2.45, 2.75) is 30.3 Å². The molecular formula is C18H20BrNO4S. The van der Waals surface area contributed by atoms with Crippen molar-refractivity contribution in [3.8, 4) is 11.5 Å². The Balaban J connectivity index is 1.89. The van der Waals surface area contributed by atoms with Crippen molar-refractivity contribution in [2.75, 3.05) is 14.2 Å². The fraction of sp³-hybridized carbons (Fsp3) is 0.333. The summed E-state index contributed by atoms with van der Waals surface area (Å²) in [5.41, 5.74) is 0.934. The average Bonchev–Trinajstić information content (AvgIpc) is 3.44. The van der Waals surface area contributed by atoms with Crippen LogP contribution in [0.15, 0.2) is 51.8 Å². The predicted octanol–water partition coefficient (Wildman–Crippen LogP) is 3.82. The number of hydrogen-bond acceptors (Lipinski definition) is 4. The Bertz CT molecular complexity index is 848. The topological polar surface area (TPSA) is 55.8 Å². The summed E-state index contributed by atoms with van der Waals surface area (Å²) in [6.07, 6.45) is 1.79. The highest BCUT2D eigenvalue weighted by Crippen LogP contribution is 2.35. The third-order valence-corrected chi connectivity index (χ3v) is 6.70. The number of sulfonamides is 1. The van der Waals surface area contributed by atoms with E-state index in [-0.39, 0.29) is 10.9 Å². The molecule has 0 heterocycles. The second-order valence-electron chi connectivity index (χ2n) is 5.93. The van der Waals surface area contributed by atoms with Crippen LogP contribution >= 0.6 is 15.9 Å². The first-order chi connectivity index (χ1) is 12.0. The molecule has 1 fully saturated rings. The summed E-state index contributed by atoms with van der Waals surface area (Å²) in [6, 6.07) is 12.4. The van der Waals surface area contributed by atoms with Crippen molar-refractivity contribution in [1.29, 1.82) is 0 Å². The number of ether oxygens (including phenoxy) is 2. The van der Waals surface area contributed by atoms with Gasteiger partial charge in [-0.2, -0.15) is 4.31 Å². The van der Waals surface area contributed by atoms with Crippen LogP contribution in [0.1, 0.15) is 18.4 Å². The SMILES string of the molecule is COc1ccc(CN(C2CC2)S(=O)(=O)c2ccc(OC)c(Br)c2)cc1. The molecule has 0 N–H and O–H groups in total. The standard InChI is InChI=1S/C18H20BrNO4S/c1-23-15-7-3-13(4-8-15)12-20(14-5-6-14)25(21,22)16-9-10-18(24-2)17(19)11-16/h3-4,7-11,14H,5-6,12H2,1-2H3. The molecule has 1 aliphatic rings. The summed E-state index contributed by atoms with van der Waals surface area (Å²) in [5, 5.41) is 0. The maximum absolute atomic E-state index is 13.1. The number of benzene rings is 2. The number of hydrogen-bond donors (Lipinski definition) is 0. The van der Waals surface area contributed by atoms with Gasteiger partial charge < -0.3 is 9.47 Å². The number of nitrogens with zero attached hydrogens (tertiary/aromatic N) is 1. The largest absolute Gasteiger partial charge is 0.497 e. The molecule has 0 bridgehead atoms. The number of rotatable bonds is 7. The second kappa shape index (κ2) is 7.35. The number of methoxy groups -OCH3 is 2. The molecule has 2 aromatic rings. The first kappa shape index (κ1) is 18.2. The molecule has 0 spiro atoms. The number of halogens is 1. The van der Waals surface area contributed by atoms with Crippen molar-refractivity contribution >= 4 is 26.0 Å². The summed E-state index contributed by atoms with van der Waals surface area (Å²) < 4.78 is 38.8. The van der Waals surface area contributed by atoms with Crippen molar-refractivity contribution in [3.05, 3.63) is 52.5 Å². The predicted molar refractivity (Wildman–Crippen MR) is 99.4 cm³/mol. The minimum absolute atomic E-state index is 0.0629. The fourth-order valence-corrected chi connectivity index (χ4v) is 5.02. The monoisotopic (exact) mass is 425 g/mol. The summed E-state index contributed by atoms with van der Waals surface area (Å²) in [5.74, 6) is 1.36. The minimum atomic E-state index is -3.58. The molecule has 0 aliphatic heterocycles. The van der Waals surface area contributed by atoms with Crippen LogP contribution in [0.4, 0.5) is 0 Å². The molecule has 5 nitrogen and oxygen atoms in total. The van der Waals surface area contributed by atoms with E-state index in [1.165, 1.54) is 0 Å². The van der Waals surface area contributed by atoms with E-state index in [2.05, 4.69) is 15.9 Å². The third-order valence-electron chi connectivity index (χ3n) is 4.18. The van der Waals surface area contributed by atoms with Crippen LogP contribution in [0.25, 0.3) is 0 Å². The lowest BCUT2D eigenvalue weighted by atomic mass is 10.2. The van der Waals surface area contributed by atoms with Crippen LogP contribution in [-0.2, 0) is 16.6 Å². The Morgan fingerprint density at radius 1 is 1.08 bits per heavy atom. The van der Waals surface area contributed by atoms with Gasteiger partial charge in [-0.25, -0.2) is 8.42 Å². The highest BCUT2D eigenvalue weighted by atomic mass is 79.9. The average molecular weight is 426 g/mol. The van der Waals surface area contributed by atoms with Crippen LogP contribution in [-0.4, -0.2) is 33.0 Å². The zero-order chi connectivity index (χ0) is 18.0. The molecule has 2 aromatic carbocycles. The highest BCUT2D eigenvalue weighted by Gasteiger charge is 2.38. The highest BCUT2D eigenvalue weighted by molar-refractivity contribution is 9.10. The normalized spacial score (nSPS) is 14.6. The zero-order valence-corrected chi connectivity index (χ0v) is 16.5. The molecule has 1 aliphatic carbocycles. The van der Waals surface area contributed by atoms with Crippen LogP contribution < -0.4 is 9.47 Å². The van der Waals surface area contributed by atoms with Gasteiger partial charge in [-0.3, -0.25) is 0 Å². The van der Waals surface area contributed by atoms with E-state index in [1.807, 2.05) is 24.3 Å². The van der Waals surface area contributed by atoms with Crippen molar-refractivity contribution in [1.82, 2.24) is 4.31 Å². The summed E-state index contributed by atoms with van der Waals surface area (Å²) in [7, 11) is -0.424. The van der Waals surface area contributed by atoms with Crippen LogP contribution in [0.5, 0.6) is 11.5 Å². The van der Waals surface area contributed by atoms with Crippen LogP contribution in [0.3, 0.4) is 0 Å². The molecule has 25 heavy (non-hydrogen) atoms. The van der Waals surface area contributed by atoms with Gasteiger partial charge in [0.15, 0.2) is 0 Å². The molecule has 0 amide bonds. The van der Waals surface area contributed by atoms with E-state index in [0.29, 0.717) is 16.8 Å². The van der Waals surface area contributed by atoms with Crippen molar-refractivity contribution < 1.29 is 17.9 Å². The summed E-state index contributed by atoms with van der Waals surface area (Å²) >= 11 is 3.36. The summed E-state index contributed by atoms with van der Waals surface area (Å²) in [6.45, 7) is 0.348.